The fraction of sp³-hybridized carbons (Fsp3) is 0.286. The maximum Gasteiger partial charge on any atom is 0.139 e. The van der Waals surface area contributed by atoms with E-state index in [1.54, 1.807) is 13.4 Å². The zero-order valence-corrected chi connectivity index (χ0v) is 11.2. The van der Waals surface area contributed by atoms with Crippen molar-refractivity contribution in [3.63, 3.8) is 0 Å². The lowest BCUT2D eigenvalue weighted by Crippen LogP contribution is -2.17. The third-order valence-electron chi connectivity index (χ3n) is 2.65. The first-order valence-corrected chi connectivity index (χ1v) is 6.19. The van der Waals surface area contributed by atoms with Gasteiger partial charge < -0.3 is 14.5 Å². The number of halogens is 1. The van der Waals surface area contributed by atoms with Gasteiger partial charge >= 0.3 is 0 Å². The van der Waals surface area contributed by atoms with Gasteiger partial charge in [0.05, 0.1) is 18.4 Å². The molecule has 0 radical (unpaired) electrons. The molecule has 3 nitrogen and oxygen atoms in total. The largest absolute Gasteiger partial charge is 0.495 e. The minimum Gasteiger partial charge on any atom is -0.495 e. The molecular weight excluding hydrogens is 250 g/mol. The van der Waals surface area contributed by atoms with Crippen LogP contribution in [-0.2, 0) is 6.42 Å². The number of benzene rings is 1. The van der Waals surface area contributed by atoms with Crippen molar-refractivity contribution < 1.29 is 9.15 Å². The maximum absolute atomic E-state index is 5.98. The van der Waals surface area contributed by atoms with E-state index in [2.05, 4.69) is 12.2 Å². The molecule has 0 aliphatic rings. The molecule has 1 aromatic heterocycles. The summed E-state index contributed by atoms with van der Waals surface area (Å²) >= 11 is 5.98. The zero-order chi connectivity index (χ0) is 13.0. The van der Waals surface area contributed by atoms with Crippen LogP contribution in [0.3, 0.4) is 0 Å². The maximum atomic E-state index is 5.98. The van der Waals surface area contributed by atoms with Crippen molar-refractivity contribution in [2.75, 3.05) is 12.4 Å². The lowest BCUT2D eigenvalue weighted by Gasteiger charge is -2.15. The molecule has 2 rings (SSSR count). The second-order valence-corrected chi connectivity index (χ2v) is 4.59. The number of anilines is 1. The van der Waals surface area contributed by atoms with Gasteiger partial charge in [0, 0.05) is 24.2 Å². The second kappa shape index (κ2) is 5.83. The number of hydrogen-bond acceptors (Lipinski definition) is 3. The number of furan rings is 1. The SMILES string of the molecule is COc1cc(NC(C)Cc2ccco2)ccc1Cl. The van der Waals surface area contributed by atoms with Crippen LogP contribution in [0.1, 0.15) is 12.7 Å². The van der Waals surface area contributed by atoms with E-state index >= 15 is 0 Å². The summed E-state index contributed by atoms with van der Waals surface area (Å²) in [6.45, 7) is 2.10. The fourth-order valence-corrected chi connectivity index (χ4v) is 2.01. The van der Waals surface area contributed by atoms with Crippen molar-refractivity contribution in [3.8, 4) is 5.75 Å². The summed E-state index contributed by atoms with van der Waals surface area (Å²) in [6, 6.07) is 9.78. The van der Waals surface area contributed by atoms with Crippen LogP contribution >= 0.6 is 11.6 Å². The van der Waals surface area contributed by atoms with Crippen LogP contribution in [0.4, 0.5) is 5.69 Å². The summed E-state index contributed by atoms with van der Waals surface area (Å²) in [6.07, 6.45) is 2.52. The summed E-state index contributed by atoms with van der Waals surface area (Å²) in [7, 11) is 1.61. The Morgan fingerprint density at radius 1 is 1.39 bits per heavy atom. The molecule has 4 heteroatoms. The van der Waals surface area contributed by atoms with E-state index < -0.39 is 0 Å². The second-order valence-electron chi connectivity index (χ2n) is 4.18. The van der Waals surface area contributed by atoms with Gasteiger partial charge in [0.1, 0.15) is 11.5 Å². The molecule has 1 heterocycles. The topological polar surface area (TPSA) is 34.4 Å². The molecule has 0 spiro atoms. The summed E-state index contributed by atoms with van der Waals surface area (Å²) < 4.78 is 10.5. The van der Waals surface area contributed by atoms with Gasteiger partial charge in [0.15, 0.2) is 0 Å². The van der Waals surface area contributed by atoms with Gasteiger partial charge in [0.2, 0.25) is 0 Å². The first-order valence-electron chi connectivity index (χ1n) is 5.81. The Kier molecular flexibility index (Phi) is 4.15. The Balaban J connectivity index is 2.00. The van der Waals surface area contributed by atoms with Crippen molar-refractivity contribution in [3.05, 3.63) is 47.4 Å². The molecule has 0 bridgehead atoms. The summed E-state index contributed by atoms with van der Waals surface area (Å²) in [5, 5.41) is 4.00. The molecule has 1 N–H and O–H groups in total. The Bertz CT molecular complexity index is 497. The first kappa shape index (κ1) is 12.8. The van der Waals surface area contributed by atoms with Gasteiger partial charge in [-0.3, -0.25) is 0 Å². The quantitative estimate of drug-likeness (QED) is 0.888. The van der Waals surface area contributed by atoms with Crippen LogP contribution in [0.2, 0.25) is 5.02 Å². The molecule has 1 unspecified atom stereocenters. The molecule has 1 atom stereocenters. The Hall–Kier alpha value is -1.61. The van der Waals surface area contributed by atoms with Gasteiger partial charge in [-0.1, -0.05) is 11.6 Å². The lowest BCUT2D eigenvalue weighted by molar-refractivity contribution is 0.415. The normalized spacial score (nSPS) is 12.2. The van der Waals surface area contributed by atoms with Crippen molar-refractivity contribution in [2.24, 2.45) is 0 Å². The molecule has 0 saturated carbocycles. The predicted molar refractivity (Wildman–Crippen MR) is 73.5 cm³/mol. The van der Waals surface area contributed by atoms with Gasteiger partial charge in [-0.15, -0.1) is 0 Å². The highest BCUT2D eigenvalue weighted by atomic mass is 35.5. The molecule has 0 saturated heterocycles. The number of ether oxygens (including phenoxy) is 1. The van der Waals surface area contributed by atoms with Crippen LogP contribution in [0.25, 0.3) is 0 Å². The van der Waals surface area contributed by atoms with E-state index in [0.29, 0.717) is 10.8 Å². The van der Waals surface area contributed by atoms with Crippen molar-refractivity contribution in [1.82, 2.24) is 0 Å². The predicted octanol–water partition coefficient (Wildman–Crippen LogP) is 3.98. The lowest BCUT2D eigenvalue weighted by atomic mass is 10.2. The van der Waals surface area contributed by atoms with E-state index in [0.717, 1.165) is 17.9 Å². The van der Waals surface area contributed by atoms with Gasteiger partial charge in [-0.25, -0.2) is 0 Å². The highest BCUT2D eigenvalue weighted by Crippen LogP contribution is 2.27. The van der Waals surface area contributed by atoms with Crippen molar-refractivity contribution in [1.29, 1.82) is 0 Å². The molecule has 0 amide bonds. The molecule has 0 aliphatic carbocycles. The van der Waals surface area contributed by atoms with Crippen LogP contribution < -0.4 is 10.1 Å². The fourth-order valence-electron chi connectivity index (χ4n) is 1.82. The molecule has 2 aromatic rings. The summed E-state index contributed by atoms with van der Waals surface area (Å²) in [4.78, 5) is 0. The molecule has 1 aromatic carbocycles. The minimum atomic E-state index is 0.266. The standard InChI is InChI=1S/C14H16ClNO2/c1-10(8-12-4-3-7-18-12)16-11-5-6-13(15)14(9-11)17-2/h3-7,9-10,16H,8H2,1-2H3. The first-order chi connectivity index (χ1) is 8.69. The summed E-state index contributed by atoms with van der Waals surface area (Å²) in [5.41, 5.74) is 0.982. The minimum absolute atomic E-state index is 0.266. The smallest absolute Gasteiger partial charge is 0.139 e. The van der Waals surface area contributed by atoms with Crippen LogP contribution in [0, 0.1) is 0 Å². The van der Waals surface area contributed by atoms with E-state index in [4.69, 9.17) is 20.8 Å². The monoisotopic (exact) mass is 265 g/mol. The zero-order valence-electron chi connectivity index (χ0n) is 10.4. The van der Waals surface area contributed by atoms with Crippen molar-refractivity contribution >= 4 is 17.3 Å². The van der Waals surface area contributed by atoms with Crippen LogP contribution in [0.5, 0.6) is 5.75 Å². The average molecular weight is 266 g/mol. The number of rotatable bonds is 5. The van der Waals surface area contributed by atoms with Gasteiger partial charge in [-0.05, 0) is 31.2 Å². The van der Waals surface area contributed by atoms with E-state index in [-0.39, 0.29) is 6.04 Å². The number of hydrogen-bond donors (Lipinski definition) is 1. The molecule has 96 valence electrons. The van der Waals surface area contributed by atoms with Gasteiger partial charge in [-0.2, -0.15) is 0 Å². The molecule has 0 aliphatic heterocycles. The Labute approximate surface area is 112 Å². The molecule has 18 heavy (non-hydrogen) atoms. The van der Waals surface area contributed by atoms with Crippen molar-refractivity contribution in [2.45, 2.75) is 19.4 Å². The number of methoxy groups -OCH3 is 1. The van der Waals surface area contributed by atoms with E-state index in [1.165, 1.54) is 0 Å². The molecule has 0 fully saturated rings. The van der Waals surface area contributed by atoms with E-state index in [1.807, 2.05) is 30.3 Å². The van der Waals surface area contributed by atoms with Crippen LogP contribution in [-0.4, -0.2) is 13.2 Å². The van der Waals surface area contributed by atoms with E-state index in [9.17, 15) is 0 Å². The molecular formula is C14H16ClNO2. The number of nitrogens with one attached hydrogen (secondary N) is 1. The Morgan fingerprint density at radius 3 is 2.89 bits per heavy atom. The van der Waals surface area contributed by atoms with Gasteiger partial charge in [0.25, 0.3) is 0 Å². The average Bonchev–Trinajstić information content (AvgIpc) is 2.84. The van der Waals surface area contributed by atoms with Crippen LogP contribution in [0.15, 0.2) is 41.0 Å². The Morgan fingerprint density at radius 2 is 2.22 bits per heavy atom. The highest BCUT2D eigenvalue weighted by Gasteiger charge is 2.07. The third kappa shape index (κ3) is 3.20. The highest BCUT2D eigenvalue weighted by molar-refractivity contribution is 6.32. The summed E-state index contributed by atoms with van der Waals surface area (Å²) in [5.74, 6) is 1.64. The third-order valence-corrected chi connectivity index (χ3v) is 2.96.